The maximum absolute atomic E-state index is 11.2. The van der Waals surface area contributed by atoms with Gasteiger partial charge in [-0.2, -0.15) is 12.1 Å². The van der Waals surface area contributed by atoms with Crippen LogP contribution in [0.2, 0.25) is 0 Å². The van der Waals surface area contributed by atoms with Crippen LogP contribution in [-0.2, 0) is 17.1 Å². The Morgan fingerprint density at radius 1 is 1.06 bits per heavy atom. The summed E-state index contributed by atoms with van der Waals surface area (Å²) in [5, 5.41) is 2.92. The average Bonchev–Trinajstić information content (AvgIpc) is 2.87. The van der Waals surface area contributed by atoms with Gasteiger partial charge in [-0.1, -0.05) is 5.56 Å². The van der Waals surface area contributed by atoms with Crippen molar-refractivity contribution in [3.63, 3.8) is 0 Å². The van der Waals surface area contributed by atoms with Crippen LogP contribution in [0.25, 0.3) is 0 Å². The van der Waals surface area contributed by atoms with Crippen molar-refractivity contribution in [2.75, 3.05) is 0 Å². The molecule has 3 heteroatoms. The van der Waals surface area contributed by atoms with E-state index < -0.39 is 0 Å². The molecule has 3 rings (SSSR count). The SMILES string of the molecule is O=C(NC1CC1)[c-]1cccc1.[Fe].[cH-]1[cH-][cH-][cH-][cH-]1. The zero-order valence-electron chi connectivity index (χ0n) is 9.45. The summed E-state index contributed by atoms with van der Waals surface area (Å²) in [4.78, 5) is 11.2. The maximum atomic E-state index is 11.2. The van der Waals surface area contributed by atoms with Gasteiger partial charge < -0.3 is 35.6 Å². The zero-order chi connectivity index (χ0) is 11.2. The fourth-order valence-corrected chi connectivity index (χ4v) is 1.34. The summed E-state index contributed by atoms with van der Waals surface area (Å²) in [7, 11) is 0. The molecule has 1 aliphatic carbocycles. The van der Waals surface area contributed by atoms with Crippen molar-refractivity contribution in [1.82, 2.24) is 5.32 Å². The fraction of sp³-hybridized carbons (Fsp3) is 0.214. The van der Waals surface area contributed by atoms with Crippen molar-refractivity contribution in [3.8, 4) is 0 Å². The van der Waals surface area contributed by atoms with Gasteiger partial charge in [0.15, 0.2) is 5.91 Å². The van der Waals surface area contributed by atoms with Crippen LogP contribution in [0.15, 0.2) is 54.6 Å². The van der Waals surface area contributed by atoms with Crippen molar-refractivity contribution < 1.29 is 21.9 Å². The van der Waals surface area contributed by atoms with Gasteiger partial charge in [-0.15, -0.1) is 0 Å². The third-order valence-corrected chi connectivity index (χ3v) is 2.39. The van der Waals surface area contributed by atoms with Crippen LogP contribution in [0, 0.1) is 0 Å². The topological polar surface area (TPSA) is 29.1 Å². The largest absolute Gasteiger partial charge is 0.748 e. The van der Waals surface area contributed by atoms with Crippen LogP contribution >= 0.6 is 0 Å². The molecule has 0 unspecified atom stereocenters. The molecule has 0 radical (unpaired) electrons. The second-order valence-electron chi connectivity index (χ2n) is 3.88. The van der Waals surface area contributed by atoms with E-state index in [1.54, 1.807) is 0 Å². The molecule has 1 fully saturated rings. The second-order valence-corrected chi connectivity index (χ2v) is 3.88. The Morgan fingerprint density at radius 3 is 1.94 bits per heavy atom. The van der Waals surface area contributed by atoms with E-state index in [-0.39, 0.29) is 23.0 Å². The summed E-state index contributed by atoms with van der Waals surface area (Å²) in [5.74, 6) is 0.0671. The normalized spacial score (nSPS) is 12.9. The molecule has 1 aliphatic rings. The summed E-state index contributed by atoms with van der Waals surface area (Å²) in [6, 6.07) is 17.9. The van der Waals surface area contributed by atoms with Gasteiger partial charge in [0.1, 0.15) is 0 Å². The van der Waals surface area contributed by atoms with Gasteiger partial charge >= 0.3 is 0 Å². The average molecular weight is 269 g/mol. The Morgan fingerprint density at radius 2 is 1.53 bits per heavy atom. The van der Waals surface area contributed by atoms with E-state index in [4.69, 9.17) is 0 Å². The van der Waals surface area contributed by atoms with Crippen molar-refractivity contribution in [1.29, 1.82) is 0 Å². The molecule has 2 aromatic carbocycles. The molecule has 2 aromatic rings. The smallest absolute Gasteiger partial charge is 0.195 e. The van der Waals surface area contributed by atoms with Crippen LogP contribution < -0.4 is 5.32 Å². The van der Waals surface area contributed by atoms with E-state index in [2.05, 4.69) is 5.32 Å². The summed E-state index contributed by atoms with van der Waals surface area (Å²) < 4.78 is 0. The number of hydrogen-bond donors (Lipinski definition) is 1. The van der Waals surface area contributed by atoms with Crippen LogP contribution in [-0.4, -0.2) is 11.9 Å². The molecule has 0 spiro atoms. The Hall–Kier alpha value is -1.31. The second kappa shape index (κ2) is 7.10. The Labute approximate surface area is 112 Å². The quantitative estimate of drug-likeness (QED) is 0.659. The predicted octanol–water partition coefficient (Wildman–Crippen LogP) is 2.70. The Bertz CT molecular complexity index is 384. The summed E-state index contributed by atoms with van der Waals surface area (Å²) in [6.45, 7) is 0. The molecule has 17 heavy (non-hydrogen) atoms. The number of carbonyl (C=O) groups excluding carboxylic acids is 1. The van der Waals surface area contributed by atoms with Crippen molar-refractivity contribution in [2.45, 2.75) is 18.9 Å². The Balaban J connectivity index is 0.000000205. The predicted molar refractivity (Wildman–Crippen MR) is 64.6 cm³/mol. The Kier molecular flexibility index (Phi) is 5.74. The summed E-state index contributed by atoms with van der Waals surface area (Å²) in [5.41, 5.74) is 0.775. The third-order valence-electron chi connectivity index (χ3n) is 2.39. The third kappa shape index (κ3) is 5.03. The molecule has 1 saturated carbocycles. The van der Waals surface area contributed by atoms with E-state index in [9.17, 15) is 4.79 Å². The summed E-state index contributed by atoms with van der Waals surface area (Å²) in [6.07, 6.45) is 2.29. The minimum atomic E-state index is 0. The van der Waals surface area contributed by atoms with Gasteiger partial charge in [0.2, 0.25) is 0 Å². The van der Waals surface area contributed by atoms with Gasteiger partial charge in [0.25, 0.3) is 0 Å². The monoisotopic (exact) mass is 269 g/mol. The number of carbonyl (C=O) groups is 1. The molecule has 0 aromatic heterocycles. The number of amides is 1. The molecule has 1 amide bonds. The van der Waals surface area contributed by atoms with E-state index in [1.807, 2.05) is 54.6 Å². The van der Waals surface area contributed by atoms with E-state index in [0.29, 0.717) is 6.04 Å². The van der Waals surface area contributed by atoms with Crippen LogP contribution in [0.5, 0.6) is 0 Å². The molecule has 0 aliphatic heterocycles. The first-order valence-electron chi connectivity index (χ1n) is 5.55. The summed E-state index contributed by atoms with van der Waals surface area (Å²) >= 11 is 0. The first-order valence-corrected chi connectivity index (χ1v) is 5.55. The van der Waals surface area contributed by atoms with Gasteiger partial charge in [-0.05, 0) is 12.8 Å². The van der Waals surface area contributed by atoms with Gasteiger partial charge in [0, 0.05) is 23.1 Å². The fourth-order valence-electron chi connectivity index (χ4n) is 1.34. The molecule has 0 atom stereocenters. The van der Waals surface area contributed by atoms with Crippen LogP contribution in [0.4, 0.5) is 0 Å². The van der Waals surface area contributed by atoms with E-state index in [1.165, 1.54) is 0 Å². The molecule has 1 N–H and O–H groups in total. The van der Waals surface area contributed by atoms with Crippen molar-refractivity contribution in [3.05, 3.63) is 60.2 Å². The van der Waals surface area contributed by atoms with Crippen molar-refractivity contribution in [2.24, 2.45) is 0 Å². The molecule has 0 saturated heterocycles. The maximum Gasteiger partial charge on any atom is 0.195 e. The molecular formula is C14H15FeNO-6. The number of rotatable bonds is 2. The molecule has 2 nitrogen and oxygen atoms in total. The minimum absolute atomic E-state index is 0. The molecule has 0 heterocycles. The van der Waals surface area contributed by atoms with Gasteiger partial charge in [-0.3, -0.25) is 4.79 Å². The molecule has 0 bridgehead atoms. The zero-order valence-corrected chi connectivity index (χ0v) is 10.6. The molecule has 96 valence electrons. The molecular weight excluding hydrogens is 254 g/mol. The van der Waals surface area contributed by atoms with Gasteiger partial charge in [-0.25, -0.2) is 12.1 Å². The van der Waals surface area contributed by atoms with Crippen molar-refractivity contribution >= 4 is 5.91 Å². The van der Waals surface area contributed by atoms with E-state index in [0.717, 1.165) is 18.4 Å². The standard InChI is InChI=1S/C9H10NO.C5H5.Fe/c11-9(10-8-5-6-8)7-3-1-2-4-7;1-2-4-5-3-1;/h1-4,8H,5-6H2,(H,10,11);1-5H;/q-1;-5;. The first kappa shape index (κ1) is 13.8. The van der Waals surface area contributed by atoms with Gasteiger partial charge in [0.05, 0.1) is 0 Å². The van der Waals surface area contributed by atoms with Crippen LogP contribution in [0.1, 0.15) is 23.2 Å². The minimum Gasteiger partial charge on any atom is -0.748 e. The van der Waals surface area contributed by atoms with E-state index >= 15 is 0 Å². The number of hydrogen-bond acceptors (Lipinski definition) is 1. The first-order chi connectivity index (χ1) is 7.86. The number of nitrogens with one attached hydrogen (secondary N) is 1. The van der Waals surface area contributed by atoms with Crippen LogP contribution in [0.3, 0.4) is 0 Å².